The van der Waals surface area contributed by atoms with Crippen LogP contribution in [-0.4, -0.2) is 39.3 Å². The number of carbonyl (C=O) groups excluding carboxylic acids is 1. The van der Waals surface area contributed by atoms with Crippen LogP contribution in [0, 0.1) is 0 Å². The summed E-state index contributed by atoms with van der Waals surface area (Å²) < 4.78 is 17.1. The lowest BCUT2D eigenvalue weighted by molar-refractivity contribution is -0.117. The molecule has 3 N–H and O–H groups in total. The monoisotopic (exact) mass is 481 g/mol. The van der Waals surface area contributed by atoms with Gasteiger partial charge in [0.25, 0.3) is 5.91 Å². The molecule has 0 fully saturated rings. The predicted octanol–water partition coefficient (Wildman–Crippen LogP) is 4.86. The Morgan fingerprint density at radius 2 is 1.65 bits per heavy atom. The molecule has 1 heterocycles. The molecule has 0 bridgehead atoms. The average molecular weight is 482 g/mol. The number of aromatic nitrogens is 2. The summed E-state index contributed by atoms with van der Waals surface area (Å²) in [5.41, 5.74) is 6.19. The molecule has 0 aliphatic carbocycles. The van der Waals surface area contributed by atoms with Crippen LogP contribution < -0.4 is 5.14 Å². The molecule has 0 aliphatic rings. The molecule has 0 saturated heterocycles. The lowest BCUT2D eigenvalue weighted by atomic mass is 9.84. The molecule has 182 valence electrons. The first kappa shape index (κ1) is 25.8. The van der Waals surface area contributed by atoms with Gasteiger partial charge in [-0.1, -0.05) is 52.0 Å². The van der Waals surface area contributed by atoms with Gasteiger partial charge in [-0.15, -0.1) is 4.36 Å². The highest BCUT2D eigenvalue weighted by atomic mass is 32.2. The Morgan fingerprint density at radius 3 is 2.12 bits per heavy atom. The first-order chi connectivity index (χ1) is 16.0. The zero-order valence-corrected chi connectivity index (χ0v) is 21.6. The quantitative estimate of drug-likeness (QED) is 0.479. The molecule has 7 nitrogen and oxygen atoms in total. The normalized spacial score (nSPS) is 13.5. The molecular formula is C26H35N5O2S. The number of nitrogens with one attached hydrogen (secondary N) is 1. The number of aromatic amines is 1. The zero-order chi connectivity index (χ0) is 25.0. The molecule has 8 heteroatoms. The fraction of sp³-hybridized carbons (Fsp3) is 0.385. The molecule has 0 aliphatic heterocycles. The number of nitrogens with zero attached hydrogens (tertiary/aromatic N) is 3. The Kier molecular flexibility index (Phi) is 8.07. The van der Waals surface area contributed by atoms with Crippen LogP contribution in [0.1, 0.15) is 61.8 Å². The number of nitrogens with two attached hydrogens (primary N) is 1. The van der Waals surface area contributed by atoms with E-state index in [9.17, 15) is 9.00 Å². The highest BCUT2D eigenvalue weighted by Crippen LogP contribution is 2.34. The topological polar surface area (TPSA) is 104 Å². The predicted molar refractivity (Wildman–Crippen MR) is 138 cm³/mol. The van der Waals surface area contributed by atoms with Crippen molar-refractivity contribution < 1.29 is 9.00 Å². The van der Waals surface area contributed by atoms with Crippen molar-refractivity contribution in [3.8, 4) is 11.1 Å². The Bertz CT molecular complexity index is 1220. The number of hydrogen-bond donors (Lipinski definition) is 2. The fourth-order valence-electron chi connectivity index (χ4n) is 4.07. The van der Waals surface area contributed by atoms with Crippen molar-refractivity contribution in [3.63, 3.8) is 0 Å². The molecule has 0 saturated carbocycles. The molecule has 1 amide bonds. The van der Waals surface area contributed by atoms with E-state index in [2.05, 4.69) is 54.4 Å². The van der Waals surface area contributed by atoms with E-state index in [1.165, 1.54) is 0 Å². The average Bonchev–Trinajstić information content (AvgIpc) is 3.28. The minimum absolute atomic E-state index is 0.0552. The highest BCUT2D eigenvalue weighted by Gasteiger charge is 2.20. The number of rotatable bonds is 8. The molecule has 1 atom stereocenters. The maximum atomic E-state index is 13.1. The summed E-state index contributed by atoms with van der Waals surface area (Å²) in [6, 6.07) is 11.3. The molecular weight excluding hydrogens is 446 g/mol. The number of carbonyl (C=O) groups is 1. The van der Waals surface area contributed by atoms with Crippen LogP contribution in [0.5, 0.6) is 0 Å². The summed E-state index contributed by atoms with van der Waals surface area (Å²) in [5.74, 6) is -0.0954. The van der Waals surface area contributed by atoms with Crippen molar-refractivity contribution >= 4 is 15.8 Å². The van der Waals surface area contributed by atoms with Gasteiger partial charge in [-0.05, 0) is 65.9 Å². The minimum Gasteiger partial charge on any atom is -0.305 e. The zero-order valence-electron chi connectivity index (χ0n) is 20.8. The lowest BCUT2D eigenvalue weighted by Gasteiger charge is -2.21. The first-order valence-electron chi connectivity index (χ1n) is 11.4. The molecule has 3 rings (SSSR count). The second-order valence-electron chi connectivity index (χ2n) is 9.54. The Balaban J connectivity index is 1.97. The van der Waals surface area contributed by atoms with Gasteiger partial charge in [0.2, 0.25) is 0 Å². The molecule has 0 spiro atoms. The van der Waals surface area contributed by atoms with Gasteiger partial charge >= 0.3 is 0 Å². The largest absolute Gasteiger partial charge is 0.305 e. The Morgan fingerprint density at radius 1 is 1.06 bits per heavy atom. The van der Waals surface area contributed by atoms with Gasteiger partial charge < -0.3 is 4.90 Å². The van der Waals surface area contributed by atoms with Crippen molar-refractivity contribution in [1.29, 1.82) is 0 Å². The van der Waals surface area contributed by atoms with Crippen LogP contribution in [0.3, 0.4) is 0 Å². The van der Waals surface area contributed by atoms with Crippen molar-refractivity contribution in [3.05, 3.63) is 71.0 Å². The van der Waals surface area contributed by atoms with Gasteiger partial charge in [-0.2, -0.15) is 5.10 Å². The third-order valence-corrected chi connectivity index (χ3v) is 7.14. The highest BCUT2D eigenvalue weighted by molar-refractivity contribution is 7.91. The fourth-order valence-corrected chi connectivity index (χ4v) is 5.07. The van der Waals surface area contributed by atoms with E-state index >= 15 is 0 Å². The van der Waals surface area contributed by atoms with Crippen LogP contribution in [0.15, 0.2) is 58.1 Å². The van der Waals surface area contributed by atoms with E-state index in [4.69, 9.17) is 5.14 Å². The van der Waals surface area contributed by atoms with Crippen LogP contribution in [0.25, 0.3) is 11.1 Å². The maximum Gasteiger partial charge on any atom is 0.259 e. The number of benzene rings is 2. The van der Waals surface area contributed by atoms with E-state index in [1.807, 2.05) is 37.3 Å². The summed E-state index contributed by atoms with van der Waals surface area (Å²) in [4.78, 5) is 15.4. The number of H-pyrrole nitrogens is 1. The maximum absolute atomic E-state index is 13.1. The molecule has 1 unspecified atom stereocenters. The minimum atomic E-state index is -3.34. The van der Waals surface area contributed by atoms with Crippen molar-refractivity contribution in [2.24, 2.45) is 9.50 Å². The van der Waals surface area contributed by atoms with Gasteiger partial charge in [-0.3, -0.25) is 9.89 Å². The summed E-state index contributed by atoms with van der Waals surface area (Å²) >= 11 is 0. The van der Waals surface area contributed by atoms with Crippen molar-refractivity contribution in [1.82, 2.24) is 15.1 Å². The summed E-state index contributed by atoms with van der Waals surface area (Å²) in [6.07, 6.45) is 3.70. The van der Waals surface area contributed by atoms with Crippen molar-refractivity contribution in [2.45, 2.75) is 57.4 Å². The van der Waals surface area contributed by atoms with Gasteiger partial charge in [-0.25, -0.2) is 9.35 Å². The summed E-state index contributed by atoms with van der Waals surface area (Å²) in [6.45, 7) is 9.17. The van der Waals surface area contributed by atoms with Crippen LogP contribution in [0.4, 0.5) is 0 Å². The molecule has 3 aromatic rings. The van der Waals surface area contributed by atoms with E-state index in [0.717, 1.165) is 39.9 Å². The molecule has 1 aromatic heterocycles. The first-order valence-corrected chi connectivity index (χ1v) is 13.0. The van der Waals surface area contributed by atoms with E-state index in [-0.39, 0.29) is 18.3 Å². The van der Waals surface area contributed by atoms with Gasteiger partial charge in [0, 0.05) is 18.3 Å². The second kappa shape index (κ2) is 10.6. The standard InChI is InChI=1S/C26H35N5O2S/c1-17(2)23-11-20(21-14-28-29-15-21)12-24(18(3)4)25(23)13-26(32)30-34(27,33)22-9-7-19(8-10-22)16-31(5)6/h7-12,14-15,17-18H,13,16H2,1-6H3,(H,28,29)(H2,27,30,32,33). The smallest absolute Gasteiger partial charge is 0.259 e. The Hall–Kier alpha value is -2.81. The molecule has 2 aromatic carbocycles. The summed E-state index contributed by atoms with van der Waals surface area (Å²) in [7, 11) is 0.622. The SMILES string of the molecule is CC(C)c1cc(-c2cn[nH]c2)cc(C(C)C)c1CC(=O)N=S(N)(=O)c1ccc(CN(C)C)cc1. The van der Waals surface area contributed by atoms with Gasteiger partial charge in [0.15, 0.2) is 0 Å². The number of hydrogen-bond acceptors (Lipinski definition) is 4. The third kappa shape index (κ3) is 6.20. The summed E-state index contributed by atoms with van der Waals surface area (Å²) in [5, 5.41) is 13.0. The van der Waals surface area contributed by atoms with Crippen LogP contribution >= 0.6 is 0 Å². The van der Waals surface area contributed by atoms with Gasteiger partial charge in [0.1, 0.15) is 9.92 Å². The van der Waals surface area contributed by atoms with Crippen molar-refractivity contribution in [2.75, 3.05) is 14.1 Å². The van der Waals surface area contributed by atoms with Crippen LogP contribution in [-0.2, 0) is 27.7 Å². The third-order valence-electron chi connectivity index (χ3n) is 5.72. The van der Waals surface area contributed by atoms with Gasteiger partial charge in [0.05, 0.1) is 17.5 Å². The molecule has 34 heavy (non-hydrogen) atoms. The van der Waals surface area contributed by atoms with E-state index in [1.54, 1.807) is 18.3 Å². The second-order valence-corrected chi connectivity index (χ2v) is 11.3. The van der Waals surface area contributed by atoms with Crippen LogP contribution in [0.2, 0.25) is 0 Å². The van der Waals surface area contributed by atoms with E-state index in [0.29, 0.717) is 4.90 Å². The lowest BCUT2D eigenvalue weighted by Crippen LogP contribution is -2.17. The Labute approximate surface area is 203 Å². The van der Waals surface area contributed by atoms with E-state index < -0.39 is 15.8 Å². The number of amides is 1. The molecule has 0 radical (unpaired) electrons.